The molecule has 0 saturated heterocycles. The normalized spacial score (nSPS) is 10.9. The number of benzene rings is 1. The standard InChI is InChI=1S/C19H22N2O2/c1-4-6-17-15(11-13(3)21-18(17)5-2)12-23-16-9-7-14(8-10-16)19(20)22/h4,6-11H,5,12H2,1-3H3,(H2,20,22)/b6-4-. The van der Waals surface area contributed by atoms with Gasteiger partial charge in [-0.3, -0.25) is 9.78 Å². The number of aromatic nitrogens is 1. The molecule has 23 heavy (non-hydrogen) atoms. The van der Waals surface area contributed by atoms with Gasteiger partial charge in [-0.05, 0) is 50.6 Å². The summed E-state index contributed by atoms with van der Waals surface area (Å²) in [5.41, 5.74) is 9.99. The third-order valence-electron chi connectivity index (χ3n) is 3.55. The van der Waals surface area contributed by atoms with Gasteiger partial charge in [0.05, 0.1) is 0 Å². The van der Waals surface area contributed by atoms with Gasteiger partial charge < -0.3 is 10.5 Å². The number of allylic oxidation sites excluding steroid dienone is 1. The van der Waals surface area contributed by atoms with Crippen LogP contribution in [-0.4, -0.2) is 10.9 Å². The number of amides is 1. The number of nitrogens with zero attached hydrogens (tertiary/aromatic N) is 1. The predicted octanol–water partition coefficient (Wildman–Crippen LogP) is 3.66. The lowest BCUT2D eigenvalue weighted by molar-refractivity contribution is 0.1000. The molecule has 120 valence electrons. The molecule has 0 atom stereocenters. The van der Waals surface area contributed by atoms with Crippen molar-refractivity contribution in [3.8, 4) is 5.75 Å². The van der Waals surface area contributed by atoms with E-state index in [-0.39, 0.29) is 0 Å². The molecule has 0 spiro atoms. The second-order valence-corrected chi connectivity index (χ2v) is 5.31. The monoisotopic (exact) mass is 310 g/mol. The van der Waals surface area contributed by atoms with Gasteiger partial charge in [0.25, 0.3) is 0 Å². The van der Waals surface area contributed by atoms with Crippen molar-refractivity contribution in [3.63, 3.8) is 0 Å². The van der Waals surface area contributed by atoms with Gasteiger partial charge in [-0.2, -0.15) is 0 Å². The zero-order valence-electron chi connectivity index (χ0n) is 13.8. The van der Waals surface area contributed by atoms with Crippen molar-refractivity contribution in [2.75, 3.05) is 0 Å². The van der Waals surface area contributed by atoms with E-state index in [2.05, 4.69) is 18.0 Å². The van der Waals surface area contributed by atoms with Gasteiger partial charge in [-0.25, -0.2) is 0 Å². The molecule has 2 rings (SSSR count). The van der Waals surface area contributed by atoms with Crippen molar-refractivity contribution in [2.45, 2.75) is 33.8 Å². The summed E-state index contributed by atoms with van der Waals surface area (Å²) in [5.74, 6) is 0.262. The summed E-state index contributed by atoms with van der Waals surface area (Å²) in [7, 11) is 0. The molecule has 0 fully saturated rings. The van der Waals surface area contributed by atoms with Crippen LogP contribution in [0.3, 0.4) is 0 Å². The minimum atomic E-state index is -0.440. The Morgan fingerprint density at radius 2 is 2.00 bits per heavy atom. The topological polar surface area (TPSA) is 65.2 Å². The largest absolute Gasteiger partial charge is 0.489 e. The molecule has 0 aliphatic heterocycles. The maximum Gasteiger partial charge on any atom is 0.248 e. The van der Waals surface area contributed by atoms with Crippen molar-refractivity contribution in [1.29, 1.82) is 0 Å². The fourth-order valence-electron chi connectivity index (χ4n) is 2.46. The molecule has 2 N–H and O–H groups in total. The maximum absolute atomic E-state index is 11.1. The summed E-state index contributed by atoms with van der Waals surface area (Å²) in [6.07, 6.45) is 4.96. The molecule has 4 nitrogen and oxygen atoms in total. The molecule has 1 aromatic carbocycles. The lowest BCUT2D eigenvalue weighted by Crippen LogP contribution is -2.10. The molecule has 1 heterocycles. The van der Waals surface area contributed by atoms with Crippen molar-refractivity contribution in [2.24, 2.45) is 5.73 Å². The number of hydrogen-bond acceptors (Lipinski definition) is 3. The second kappa shape index (κ2) is 7.58. The summed E-state index contributed by atoms with van der Waals surface area (Å²) in [5, 5.41) is 0. The number of nitrogens with two attached hydrogens (primary N) is 1. The summed E-state index contributed by atoms with van der Waals surface area (Å²) in [4.78, 5) is 15.7. The minimum Gasteiger partial charge on any atom is -0.489 e. The lowest BCUT2D eigenvalue weighted by Gasteiger charge is -2.13. The van der Waals surface area contributed by atoms with E-state index in [0.717, 1.165) is 28.9 Å². The van der Waals surface area contributed by atoms with Crippen LogP contribution in [0.2, 0.25) is 0 Å². The molecule has 0 bridgehead atoms. The number of primary amides is 1. The summed E-state index contributed by atoms with van der Waals surface area (Å²) in [6, 6.07) is 8.89. The first-order chi connectivity index (χ1) is 11.0. The average molecular weight is 310 g/mol. The summed E-state index contributed by atoms with van der Waals surface area (Å²) in [6.45, 7) is 6.53. The zero-order valence-corrected chi connectivity index (χ0v) is 13.8. The number of pyridine rings is 1. The Hall–Kier alpha value is -2.62. The third kappa shape index (κ3) is 4.19. The van der Waals surface area contributed by atoms with Gasteiger partial charge in [-0.15, -0.1) is 0 Å². The second-order valence-electron chi connectivity index (χ2n) is 5.31. The smallest absolute Gasteiger partial charge is 0.248 e. The third-order valence-corrected chi connectivity index (χ3v) is 3.55. The highest BCUT2D eigenvalue weighted by Crippen LogP contribution is 2.20. The van der Waals surface area contributed by atoms with E-state index in [1.165, 1.54) is 0 Å². The quantitative estimate of drug-likeness (QED) is 0.885. The Morgan fingerprint density at radius 1 is 1.30 bits per heavy atom. The van der Waals surface area contributed by atoms with Crippen LogP contribution in [0.25, 0.3) is 6.08 Å². The van der Waals surface area contributed by atoms with Gasteiger partial charge >= 0.3 is 0 Å². The fraction of sp³-hybridized carbons (Fsp3) is 0.263. The van der Waals surface area contributed by atoms with Gasteiger partial charge in [0.2, 0.25) is 5.91 Å². The Balaban J connectivity index is 2.22. The predicted molar refractivity (Wildman–Crippen MR) is 92.4 cm³/mol. The van der Waals surface area contributed by atoms with E-state index in [9.17, 15) is 4.79 Å². The first kappa shape index (κ1) is 16.7. The van der Waals surface area contributed by atoms with Gasteiger partial charge in [-0.1, -0.05) is 19.1 Å². The van der Waals surface area contributed by atoms with E-state index in [1.807, 2.05) is 26.0 Å². The van der Waals surface area contributed by atoms with Gasteiger partial charge in [0, 0.05) is 28.1 Å². The molecule has 2 aromatic rings. The zero-order chi connectivity index (χ0) is 16.8. The van der Waals surface area contributed by atoms with Crippen molar-refractivity contribution < 1.29 is 9.53 Å². The number of rotatable bonds is 6. The molecular weight excluding hydrogens is 288 g/mol. The van der Waals surface area contributed by atoms with E-state index in [4.69, 9.17) is 10.5 Å². The van der Waals surface area contributed by atoms with Gasteiger partial charge in [0.15, 0.2) is 0 Å². The van der Waals surface area contributed by atoms with Crippen LogP contribution >= 0.6 is 0 Å². The highest BCUT2D eigenvalue weighted by atomic mass is 16.5. The van der Waals surface area contributed by atoms with Crippen LogP contribution in [0, 0.1) is 6.92 Å². The number of carbonyl (C=O) groups is 1. The average Bonchev–Trinajstić information content (AvgIpc) is 2.55. The van der Waals surface area contributed by atoms with Crippen LogP contribution in [0.15, 0.2) is 36.4 Å². The Kier molecular flexibility index (Phi) is 5.52. The van der Waals surface area contributed by atoms with Crippen LogP contribution in [-0.2, 0) is 13.0 Å². The number of ether oxygens (including phenoxy) is 1. The molecule has 0 aliphatic rings. The Bertz CT molecular complexity index is 719. The van der Waals surface area contributed by atoms with Crippen LogP contribution in [0.5, 0.6) is 5.75 Å². The SMILES string of the molecule is C/C=C\c1c(COc2ccc(C(N)=O)cc2)cc(C)nc1CC. The Labute approximate surface area is 137 Å². The van der Waals surface area contributed by atoms with E-state index in [1.54, 1.807) is 24.3 Å². The van der Waals surface area contributed by atoms with E-state index < -0.39 is 5.91 Å². The molecule has 4 heteroatoms. The molecule has 1 aromatic heterocycles. The first-order valence-electron chi connectivity index (χ1n) is 7.70. The number of aryl methyl sites for hydroxylation is 2. The molecule has 0 radical (unpaired) electrons. The van der Waals surface area contributed by atoms with Crippen molar-refractivity contribution in [3.05, 3.63) is 64.5 Å². The number of hydrogen-bond donors (Lipinski definition) is 1. The van der Waals surface area contributed by atoms with Crippen molar-refractivity contribution >= 4 is 12.0 Å². The maximum atomic E-state index is 11.1. The molecule has 0 aliphatic carbocycles. The Morgan fingerprint density at radius 3 is 2.57 bits per heavy atom. The lowest BCUT2D eigenvalue weighted by atomic mass is 10.0. The van der Waals surface area contributed by atoms with Crippen LogP contribution in [0.1, 0.15) is 46.7 Å². The summed E-state index contributed by atoms with van der Waals surface area (Å²) >= 11 is 0. The van der Waals surface area contributed by atoms with Crippen LogP contribution < -0.4 is 10.5 Å². The van der Waals surface area contributed by atoms with Gasteiger partial charge in [0.1, 0.15) is 12.4 Å². The first-order valence-corrected chi connectivity index (χ1v) is 7.70. The number of carbonyl (C=O) groups excluding carboxylic acids is 1. The van der Waals surface area contributed by atoms with Crippen molar-refractivity contribution in [1.82, 2.24) is 4.98 Å². The van der Waals surface area contributed by atoms with Crippen LogP contribution in [0.4, 0.5) is 0 Å². The highest BCUT2D eigenvalue weighted by molar-refractivity contribution is 5.92. The molecule has 0 saturated carbocycles. The van der Waals surface area contributed by atoms with E-state index >= 15 is 0 Å². The summed E-state index contributed by atoms with van der Waals surface area (Å²) < 4.78 is 5.85. The fourth-order valence-corrected chi connectivity index (χ4v) is 2.46. The minimum absolute atomic E-state index is 0.440. The highest BCUT2D eigenvalue weighted by Gasteiger charge is 2.09. The molecule has 0 unspecified atom stereocenters. The molecule has 1 amide bonds. The van der Waals surface area contributed by atoms with E-state index in [0.29, 0.717) is 17.9 Å². The molecular formula is C19H22N2O2.